The molecule has 0 radical (unpaired) electrons. The quantitative estimate of drug-likeness (QED) is 0.680. The highest BCUT2D eigenvalue weighted by molar-refractivity contribution is 7.91. The van der Waals surface area contributed by atoms with Crippen molar-refractivity contribution < 1.29 is 22.7 Å². The maximum atomic E-state index is 11.4. The minimum Gasteiger partial charge on any atom is -0.490 e. The van der Waals surface area contributed by atoms with Gasteiger partial charge in [-0.2, -0.15) is 0 Å². The summed E-state index contributed by atoms with van der Waals surface area (Å²) >= 11 is 0. The Morgan fingerprint density at radius 3 is 2.53 bits per heavy atom. The van der Waals surface area contributed by atoms with Crippen LogP contribution in [0.3, 0.4) is 0 Å². The first-order chi connectivity index (χ1) is 9.04. The van der Waals surface area contributed by atoms with Gasteiger partial charge in [0, 0.05) is 5.75 Å². The topological polar surface area (TPSA) is 69.7 Å². The number of carbonyl (C=O) groups excluding carboxylic acids is 1. The lowest BCUT2D eigenvalue weighted by molar-refractivity contribution is 0.111. The summed E-state index contributed by atoms with van der Waals surface area (Å²) in [6.07, 6.45) is 0.659. The largest absolute Gasteiger partial charge is 0.490 e. The standard InChI is InChI=1S/C13H18O5S/c1-3-17-12-7-5-6-11(10-14)13(12)18-8-9-19(15,16)4-2/h5-7,10H,3-4,8-9H2,1-2H3. The molecule has 19 heavy (non-hydrogen) atoms. The van der Waals surface area contributed by atoms with Crippen molar-refractivity contribution in [2.45, 2.75) is 13.8 Å². The molecule has 0 aromatic heterocycles. The summed E-state index contributed by atoms with van der Waals surface area (Å²) in [6, 6.07) is 4.96. The molecule has 0 bridgehead atoms. The van der Waals surface area contributed by atoms with E-state index in [4.69, 9.17) is 9.47 Å². The number of sulfone groups is 1. The van der Waals surface area contributed by atoms with Crippen LogP contribution in [0.25, 0.3) is 0 Å². The number of carbonyl (C=O) groups is 1. The average Bonchev–Trinajstić information content (AvgIpc) is 2.40. The molecule has 0 saturated carbocycles. The van der Waals surface area contributed by atoms with Crippen LogP contribution in [0.5, 0.6) is 11.5 Å². The molecule has 0 amide bonds. The smallest absolute Gasteiger partial charge is 0.171 e. The fraction of sp³-hybridized carbons (Fsp3) is 0.462. The molecule has 0 fully saturated rings. The van der Waals surface area contributed by atoms with Crippen molar-refractivity contribution in [2.24, 2.45) is 0 Å². The van der Waals surface area contributed by atoms with E-state index in [1.165, 1.54) is 0 Å². The van der Waals surface area contributed by atoms with E-state index in [2.05, 4.69) is 0 Å². The van der Waals surface area contributed by atoms with Crippen molar-refractivity contribution in [1.29, 1.82) is 0 Å². The number of ether oxygens (including phenoxy) is 2. The van der Waals surface area contributed by atoms with Gasteiger partial charge in [-0.1, -0.05) is 13.0 Å². The van der Waals surface area contributed by atoms with Gasteiger partial charge >= 0.3 is 0 Å². The number of rotatable bonds is 8. The van der Waals surface area contributed by atoms with E-state index < -0.39 is 9.84 Å². The van der Waals surface area contributed by atoms with Crippen molar-refractivity contribution in [3.8, 4) is 11.5 Å². The van der Waals surface area contributed by atoms with Gasteiger partial charge in [0.15, 0.2) is 27.6 Å². The Hall–Kier alpha value is -1.56. The Bertz CT molecular complexity index is 522. The van der Waals surface area contributed by atoms with Crippen LogP contribution in [0, 0.1) is 0 Å². The molecule has 1 aromatic rings. The van der Waals surface area contributed by atoms with Crippen LogP contribution in [0.15, 0.2) is 18.2 Å². The van der Waals surface area contributed by atoms with Crippen molar-refractivity contribution in [3.05, 3.63) is 23.8 Å². The minimum atomic E-state index is -3.09. The zero-order valence-electron chi connectivity index (χ0n) is 11.1. The molecule has 1 aromatic carbocycles. The molecule has 0 spiro atoms. The summed E-state index contributed by atoms with van der Waals surface area (Å²) < 4.78 is 33.5. The molecule has 0 aliphatic heterocycles. The monoisotopic (exact) mass is 286 g/mol. The lowest BCUT2D eigenvalue weighted by atomic mass is 10.2. The maximum Gasteiger partial charge on any atom is 0.171 e. The Kier molecular flexibility index (Phi) is 5.82. The third-order valence-corrected chi connectivity index (χ3v) is 4.19. The van der Waals surface area contributed by atoms with Crippen LogP contribution >= 0.6 is 0 Å². The van der Waals surface area contributed by atoms with Gasteiger partial charge in [0.2, 0.25) is 0 Å². The summed E-state index contributed by atoms with van der Waals surface area (Å²) in [6.45, 7) is 3.84. The van der Waals surface area contributed by atoms with Gasteiger partial charge < -0.3 is 9.47 Å². The normalized spacial score (nSPS) is 11.1. The summed E-state index contributed by atoms with van der Waals surface area (Å²) in [7, 11) is -3.09. The molecule has 0 N–H and O–H groups in total. The van der Waals surface area contributed by atoms with Crippen molar-refractivity contribution in [1.82, 2.24) is 0 Å². The van der Waals surface area contributed by atoms with E-state index in [-0.39, 0.29) is 18.1 Å². The molecule has 0 atom stereocenters. The molecule has 5 nitrogen and oxygen atoms in total. The Morgan fingerprint density at radius 1 is 1.21 bits per heavy atom. The van der Waals surface area contributed by atoms with E-state index in [0.29, 0.717) is 30.0 Å². The maximum absolute atomic E-state index is 11.4. The van der Waals surface area contributed by atoms with Gasteiger partial charge in [0.05, 0.1) is 17.9 Å². The molecule has 0 saturated heterocycles. The van der Waals surface area contributed by atoms with Gasteiger partial charge in [0.1, 0.15) is 6.61 Å². The number of hydrogen-bond donors (Lipinski definition) is 0. The Morgan fingerprint density at radius 2 is 1.95 bits per heavy atom. The summed E-state index contributed by atoms with van der Waals surface area (Å²) in [5.74, 6) is 0.735. The van der Waals surface area contributed by atoms with Gasteiger partial charge in [-0.3, -0.25) is 4.79 Å². The Balaban J connectivity index is 2.83. The van der Waals surface area contributed by atoms with Crippen LogP contribution in [-0.4, -0.2) is 39.4 Å². The van der Waals surface area contributed by atoms with Crippen LogP contribution < -0.4 is 9.47 Å². The van der Waals surface area contributed by atoms with E-state index in [1.807, 2.05) is 6.92 Å². The SMILES string of the molecule is CCOc1cccc(C=O)c1OCCS(=O)(=O)CC. The summed E-state index contributed by atoms with van der Waals surface area (Å²) in [4.78, 5) is 10.9. The third-order valence-electron chi connectivity index (χ3n) is 2.52. The van der Waals surface area contributed by atoms with Gasteiger partial charge in [-0.15, -0.1) is 0 Å². The predicted octanol–water partition coefficient (Wildman–Crippen LogP) is 1.71. The number of benzene rings is 1. The first kappa shape index (κ1) is 15.5. The molecular weight excluding hydrogens is 268 g/mol. The van der Waals surface area contributed by atoms with Crippen molar-refractivity contribution in [3.63, 3.8) is 0 Å². The Labute approximate surface area is 113 Å². The van der Waals surface area contributed by atoms with Crippen LogP contribution in [0.4, 0.5) is 0 Å². The fourth-order valence-corrected chi connectivity index (χ4v) is 2.09. The molecule has 1 rings (SSSR count). The first-order valence-electron chi connectivity index (χ1n) is 6.08. The van der Waals surface area contributed by atoms with Gasteiger partial charge in [-0.25, -0.2) is 8.42 Å². The van der Waals surface area contributed by atoms with Gasteiger partial charge in [-0.05, 0) is 19.1 Å². The van der Waals surface area contributed by atoms with E-state index in [9.17, 15) is 13.2 Å². The van der Waals surface area contributed by atoms with Crippen molar-refractivity contribution in [2.75, 3.05) is 24.7 Å². The molecule has 0 heterocycles. The summed E-state index contributed by atoms with van der Waals surface area (Å²) in [5.41, 5.74) is 0.347. The number of hydrogen-bond acceptors (Lipinski definition) is 5. The number of aldehydes is 1. The van der Waals surface area contributed by atoms with Crippen LogP contribution in [0.1, 0.15) is 24.2 Å². The van der Waals surface area contributed by atoms with E-state index in [1.54, 1.807) is 25.1 Å². The molecule has 6 heteroatoms. The predicted molar refractivity (Wildman–Crippen MR) is 72.8 cm³/mol. The zero-order valence-corrected chi connectivity index (χ0v) is 11.9. The molecule has 0 aliphatic rings. The highest BCUT2D eigenvalue weighted by Crippen LogP contribution is 2.30. The second-order valence-electron chi connectivity index (χ2n) is 3.81. The highest BCUT2D eigenvalue weighted by Gasteiger charge is 2.13. The van der Waals surface area contributed by atoms with E-state index in [0.717, 1.165) is 0 Å². The molecule has 0 unspecified atom stereocenters. The van der Waals surface area contributed by atoms with Gasteiger partial charge in [0.25, 0.3) is 0 Å². The lowest BCUT2D eigenvalue weighted by Gasteiger charge is -2.13. The zero-order chi connectivity index (χ0) is 14.3. The minimum absolute atomic E-state index is 0.00109. The van der Waals surface area contributed by atoms with Crippen LogP contribution in [0.2, 0.25) is 0 Å². The molecular formula is C13H18O5S. The summed E-state index contributed by atoms with van der Waals surface area (Å²) in [5, 5.41) is 0. The van der Waals surface area contributed by atoms with Crippen LogP contribution in [-0.2, 0) is 9.84 Å². The molecule has 106 valence electrons. The third kappa shape index (κ3) is 4.55. The highest BCUT2D eigenvalue weighted by atomic mass is 32.2. The second-order valence-corrected chi connectivity index (χ2v) is 6.28. The first-order valence-corrected chi connectivity index (χ1v) is 7.90. The fourth-order valence-electron chi connectivity index (χ4n) is 1.46. The molecule has 0 aliphatic carbocycles. The van der Waals surface area contributed by atoms with Crippen molar-refractivity contribution >= 4 is 16.1 Å². The van der Waals surface area contributed by atoms with E-state index >= 15 is 0 Å². The lowest BCUT2D eigenvalue weighted by Crippen LogP contribution is -2.16. The number of para-hydroxylation sites is 1. The average molecular weight is 286 g/mol. The second kappa shape index (κ2) is 7.13.